The van der Waals surface area contributed by atoms with Crippen LogP contribution in [0, 0.1) is 0 Å². The standard InChI is InChI=1S/C9H5BrN2O3/c10-8-4-11-6-2-1-5(15-9(13)14)3-7(6)12-8/h1-4H,(H,13,14). The van der Waals surface area contributed by atoms with E-state index < -0.39 is 6.16 Å². The van der Waals surface area contributed by atoms with Gasteiger partial charge in [-0.25, -0.2) is 9.78 Å². The molecule has 1 N–H and O–H groups in total. The maximum Gasteiger partial charge on any atom is 0.511 e. The van der Waals surface area contributed by atoms with Crippen LogP contribution in [0.25, 0.3) is 11.0 Å². The van der Waals surface area contributed by atoms with Gasteiger partial charge in [-0.05, 0) is 28.1 Å². The summed E-state index contributed by atoms with van der Waals surface area (Å²) < 4.78 is 5.08. The molecule has 0 aliphatic rings. The van der Waals surface area contributed by atoms with Crippen LogP contribution in [0.5, 0.6) is 5.75 Å². The fourth-order valence-electron chi connectivity index (χ4n) is 1.13. The Bertz CT molecular complexity index is 530. The lowest BCUT2D eigenvalue weighted by Crippen LogP contribution is -2.02. The summed E-state index contributed by atoms with van der Waals surface area (Å²) in [7, 11) is 0. The van der Waals surface area contributed by atoms with Crippen LogP contribution in [-0.4, -0.2) is 21.2 Å². The molecule has 0 saturated heterocycles. The van der Waals surface area contributed by atoms with E-state index in [1.807, 2.05) is 0 Å². The minimum Gasteiger partial charge on any atom is -0.449 e. The summed E-state index contributed by atoms with van der Waals surface area (Å²) in [6.45, 7) is 0. The van der Waals surface area contributed by atoms with Crippen LogP contribution in [0.1, 0.15) is 0 Å². The van der Waals surface area contributed by atoms with Crippen LogP contribution in [0.4, 0.5) is 4.79 Å². The summed E-state index contributed by atoms with van der Waals surface area (Å²) in [4.78, 5) is 18.5. The van der Waals surface area contributed by atoms with Crippen LogP contribution in [0.2, 0.25) is 0 Å². The number of halogens is 1. The Morgan fingerprint density at radius 2 is 2.20 bits per heavy atom. The Hall–Kier alpha value is -1.69. The van der Waals surface area contributed by atoms with Gasteiger partial charge in [-0.3, -0.25) is 4.98 Å². The molecule has 15 heavy (non-hydrogen) atoms. The van der Waals surface area contributed by atoms with Crippen LogP contribution >= 0.6 is 15.9 Å². The molecule has 1 aromatic carbocycles. The van der Waals surface area contributed by atoms with E-state index in [0.29, 0.717) is 15.6 Å². The molecule has 0 bridgehead atoms. The zero-order valence-electron chi connectivity index (χ0n) is 7.35. The highest BCUT2D eigenvalue weighted by Gasteiger charge is 2.03. The van der Waals surface area contributed by atoms with Gasteiger partial charge in [0.25, 0.3) is 0 Å². The van der Waals surface area contributed by atoms with Gasteiger partial charge in [-0.2, -0.15) is 0 Å². The van der Waals surface area contributed by atoms with Gasteiger partial charge in [0, 0.05) is 6.07 Å². The normalized spacial score (nSPS) is 10.2. The first-order valence-electron chi connectivity index (χ1n) is 3.98. The number of rotatable bonds is 1. The zero-order valence-corrected chi connectivity index (χ0v) is 8.93. The maximum atomic E-state index is 10.3. The number of nitrogens with zero attached hydrogens (tertiary/aromatic N) is 2. The number of aromatic nitrogens is 2. The second kappa shape index (κ2) is 3.82. The minimum atomic E-state index is -1.35. The molecule has 1 aromatic heterocycles. The second-order valence-electron chi connectivity index (χ2n) is 2.71. The van der Waals surface area contributed by atoms with Crippen molar-refractivity contribution in [1.29, 1.82) is 0 Å². The molecule has 0 aliphatic heterocycles. The Balaban J connectivity index is 2.49. The average molecular weight is 269 g/mol. The van der Waals surface area contributed by atoms with Crippen LogP contribution in [-0.2, 0) is 0 Å². The lowest BCUT2D eigenvalue weighted by atomic mass is 10.3. The minimum absolute atomic E-state index is 0.224. The quantitative estimate of drug-likeness (QED) is 0.635. The SMILES string of the molecule is O=C(O)Oc1ccc2ncc(Br)nc2c1. The van der Waals surface area contributed by atoms with Gasteiger partial charge >= 0.3 is 6.16 Å². The van der Waals surface area contributed by atoms with Crippen molar-refractivity contribution in [2.45, 2.75) is 0 Å². The van der Waals surface area contributed by atoms with E-state index >= 15 is 0 Å². The molecular formula is C9H5BrN2O3. The van der Waals surface area contributed by atoms with Crippen molar-refractivity contribution in [3.63, 3.8) is 0 Å². The number of hydrogen-bond acceptors (Lipinski definition) is 4. The summed E-state index contributed by atoms with van der Waals surface area (Å²) in [5.74, 6) is 0.224. The molecule has 1 heterocycles. The summed E-state index contributed by atoms with van der Waals surface area (Å²) >= 11 is 3.18. The molecule has 6 heteroatoms. The number of hydrogen-bond donors (Lipinski definition) is 1. The third-order valence-electron chi connectivity index (χ3n) is 1.69. The molecule has 76 valence electrons. The van der Waals surface area contributed by atoms with Gasteiger partial charge in [0.05, 0.1) is 17.2 Å². The largest absolute Gasteiger partial charge is 0.511 e. The van der Waals surface area contributed by atoms with Crippen molar-refractivity contribution in [3.8, 4) is 5.75 Å². The molecule has 0 atom stereocenters. The highest BCUT2D eigenvalue weighted by Crippen LogP contribution is 2.19. The Kier molecular flexibility index (Phi) is 2.51. The third kappa shape index (κ3) is 2.21. The molecule has 0 fully saturated rings. The summed E-state index contributed by atoms with van der Waals surface area (Å²) in [5, 5.41) is 8.43. The molecule has 0 unspecified atom stereocenters. The molecule has 0 aliphatic carbocycles. The molecule has 2 aromatic rings. The predicted molar refractivity (Wildman–Crippen MR) is 55.9 cm³/mol. The smallest absolute Gasteiger partial charge is 0.449 e. The molecule has 5 nitrogen and oxygen atoms in total. The molecule has 0 saturated carbocycles. The number of carboxylic acid groups (broad SMARTS) is 1. The van der Waals surface area contributed by atoms with Crippen molar-refractivity contribution < 1.29 is 14.6 Å². The van der Waals surface area contributed by atoms with Gasteiger partial charge in [-0.15, -0.1) is 0 Å². The van der Waals surface area contributed by atoms with Gasteiger partial charge in [-0.1, -0.05) is 0 Å². The van der Waals surface area contributed by atoms with E-state index in [0.717, 1.165) is 0 Å². The lowest BCUT2D eigenvalue weighted by Gasteiger charge is -2.01. The zero-order chi connectivity index (χ0) is 10.8. The van der Waals surface area contributed by atoms with Crippen molar-refractivity contribution in [3.05, 3.63) is 29.0 Å². The number of carbonyl (C=O) groups is 1. The van der Waals surface area contributed by atoms with Gasteiger partial charge < -0.3 is 9.84 Å². The predicted octanol–water partition coefficient (Wildman–Crippen LogP) is 2.45. The number of benzene rings is 1. The first kappa shape index (κ1) is 9.85. The topological polar surface area (TPSA) is 72.3 Å². The number of ether oxygens (including phenoxy) is 1. The Labute approximate surface area is 92.9 Å². The summed E-state index contributed by atoms with van der Waals surface area (Å²) in [6.07, 6.45) is 0.220. The van der Waals surface area contributed by atoms with E-state index in [-0.39, 0.29) is 5.75 Å². The second-order valence-corrected chi connectivity index (χ2v) is 3.52. The molecule has 0 radical (unpaired) electrons. The van der Waals surface area contributed by atoms with Crippen LogP contribution < -0.4 is 4.74 Å². The molecule has 2 rings (SSSR count). The van der Waals surface area contributed by atoms with E-state index in [1.165, 1.54) is 12.1 Å². The first-order chi connectivity index (χ1) is 7.15. The van der Waals surface area contributed by atoms with E-state index in [2.05, 4.69) is 30.6 Å². The lowest BCUT2D eigenvalue weighted by molar-refractivity contribution is 0.144. The van der Waals surface area contributed by atoms with E-state index in [4.69, 9.17) is 5.11 Å². The first-order valence-corrected chi connectivity index (χ1v) is 4.77. The van der Waals surface area contributed by atoms with E-state index in [1.54, 1.807) is 12.3 Å². The van der Waals surface area contributed by atoms with Crippen molar-refractivity contribution in [1.82, 2.24) is 9.97 Å². The van der Waals surface area contributed by atoms with Crippen molar-refractivity contribution in [2.24, 2.45) is 0 Å². The Morgan fingerprint density at radius 1 is 1.40 bits per heavy atom. The molecule has 0 spiro atoms. The van der Waals surface area contributed by atoms with Gasteiger partial charge in [0.15, 0.2) is 0 Å². The fraction of sp³-hybridized carbons (Fsp3) is 0. The highest BCUT2D eigenvalue weighted by molar-refractivity contribution is 9.10. The third-order valence-corrected chi connectivity index (χ3v) is 2.07. The van der Waals surface area contributed by atoms with Crippen molar-refractivity contribution in [2.75, 3.05) is 0 Å². The molecule has 0 amide bonds. The van der Waals surface area contributed by atoms with E-state index in [9.17, 15) is 4.79 Å². The Morgan fingerprint density at radius 3 is 2.93 bits per heavy atom. The van der Waals surface area contributed by atoms with Gasteiger partial charge in [0.1, 0.15) is 10.4 Å². The highest BCUT2D eigenvalue weighted by atomic mass is 79.9. The van der Waals surface area contributed by atoms with Crippen LogP contribution in [0.3, 0.4) is 0 Å². The van der Waals surface area contributed by atoms with Gasteiger partial charge in [0.2, 0.25) is 0 Å². The van der Waals surface area contributed by atoms with Crippen LogP contribution in [0.15, 0.2) is 29.0 Å². The van der Waals surface area contributed by atoms with Crippen molar-refractivity contribution >= 4 is 33.1 Å². The molecular weight excluding hydrogens is 264 g/mol. The summed E-state index contributed by atoms with van der Waals surface area (Å²) in [6, 6.07) is 4.69. The monoisotopic (exact) mass is 268 g/mol. The fourth-order valence-corrected chi connectivity index (χ4v) is 1.43. The number of fused-ring (bicyclic) bond motifs is 1. The maximum absolute atomic E-state index is 10.3. The summed E-state index contributed by atoms with van der Waals surface area (Å²) in [5.41, 5.74) is 1.25. The average Bonchev–Trinajstić information content (AvgIpc) is 2.16.